The molecule has 1 unspecified atom stereocenters. The minimum atomic E-state index is -0.0942. The average Bonchev–Trinajstić information content (AvgIpc) is 3.01. The van der Waals surface area contributed by atoms with Gasteiger partial charge in [0.25, 0.3) is 5.91 Å². The number of aliphatic imine (C=N–C) groups is 1. The Morgan fingerprint density at radius 2 is 2.11 bits per heavy atom. The van der Waals surface area contributed by atoms with Crippen LogP contribution in [0.5, 0.6) is 11.5 Å². The van der Waals surface area contributed by atoms with Gasteiger partial charge in [-0.25, -0.2) is 0 Å². The van der Waals surface area contributed by atoms with Gasteiger partial charge < -0.3 is 14.3 Å². The van der Waals surface area contributed by atoms with Crippen molar-refractivity contribution in [1.82, 2.24) is 0 Å². The number of unbranched alkanes of at least 4 members (excludes halogenated alkanes) is 1. The molecule has 27 heavy (non-hydrogen) atoms. The maximum absolute atomic E-state index is 13.3. The van der Waals surface area contributed by atoms with Gasteiger partial charge in [-0.2, -0.15) is 0 Å². The first-order chi connectivity index (χ1) is 13.2. The Hall–Kier alpha value is -3.15. The number of carbonyl (C=O) groups excluding carboxylic acids is 2. The second-order valence-corrected chi connectivity index (χ2v) is 6.53. The van der Waals surface area contributed by atoms with Gasteiger partial charge in [-0.05, 0) is 24.1 Å². The molecule has 2 aliphatic heterocycles. The average molecular weight is 364 g/mol. The first-order valence-electron chi connectivity index (χ1n) is 8.97. The second kappa shape index (κ2) is 7.23. The Bertz CT molecular complexity index is 922. The molecule has 2 aromatic rings. The summed E-state index contributed by atoms with van der Waals surface area (Å²) >= 11 is 0. The number of ether oxygens (including phenoxy) is 2. The number of hydrogen-bond donors (Lipinski definition) is 0. The van der Waals surface area contributed by atoms with Crippen LogP contribution in [0.3, 0.4) is 0 Å². The summed E-state index contributed by atoms with van der Waals surface area (Å²) in [6.45, 7) is 0.397. The lowest BCUT2D eigenvalue weighted by Crippen LogP contribution is -2.37. The van der Waals surface area contributed by atoms with E-state index >= 15 is 0 Å². The lowest BCUT2D eigenvalue weighted by Gasteiger charge is -2.22. The third-order valence-electron chi connectivity index (χ3n) is 4.85. The van der Waals surface area contributed by atoms with Gasteiger partial charge in [0.05, 0.1) is 31.0 Å². The molecule has 0 saturated heterocycles. The lowest BCUT2D eigenvalue weighted by atomic mass is 10.1. The van der Waals surface area contributed by atoms with Gasteiger partial charge >= 0.3 is 0 Å². The molecule has 0 aliphatic carbocycles. The summed E-state index contributed by atoms with van der Waals surface area (Å²) in [4.78, 5) is 30.1. The lowest BCUT2D eigenvalue weighted by molar-refractivity contribution is -0.108. The van der Waals surface area contributed by atoms with E-state index in [0.717, 1.165) is 24.0 Å². The fourth-order valence-corrected chi connectivity index (χ4v) is 3.54. The summed E-state index contributed by atoms with van der Waals surface area (Å²) in [5.74, 6) is 0.909. The van der Waals surface area contributed by atoms with Crippen LogP contribution >= 0.6 is 0 Å². The molecule has 4 rings (SSSR count). The Morgan fingerprint density at radius 1 is 1.26 bits per heavy atom. The van der Waals surface area contributed by atoms with Crippen molar-refractivity contribution in [3.8, 4) is 11.5 Å². The Morgan fingerprint density at radius 3 is 2.93 bits per heavy atom. The second-order valence-electron chi connectivity index (χ2n) is 6.53. The van der Waals surface area contributed by atoms with Gasteiger partial charge in [-0.15, -0.1) is 0 Å². The van der Waals surface area contributed by atoms with Gasteiger partial charge in [0.1, 0.15) is 6.29 Å². The predicted octanol–water partition coefficient (Wildman–Crippen LogP) is 3.34. The van der Waals surface area contributed by atoms with Crippen molar-refractivity contribution in [1.29, 1.82) is 0 Å². The molecule has 2 aliphatic rings. The van der Waals surface area contributed by atoms with Crippen LogP contribution in [-0.4, -0.2) is 38.2 Å². The Balaban J connectivity index is 1.69. The summed E-state index contributed by atoms with van der Waals surface area (Å²) in [5, 5.41) is 0. The van der Waals surface area contributed by atoms with Crippen molar-refractivity contribution in [3.05, 3.63) is 47.5 Å². The maximum atomic E-state index is 13.3. The number of rotatable bonds is 6. The number of carbonyl (C=O) groups is 2. The molecule has 0 spiro atoms. The van der Waals surface area contributed by atoms with E-state index in [1.54, 1.807) is 24.1 Å². The molecule has 0 bridgehead atoms. The van der Waals surface area contributed by atoms with E-state index in [0.29, 0.717) is 42.2 Å². The molecule has 6 nitrogen and oxygen atoms in total. The summed E-state index contributed by atoms with van der Waals surface area (Å²) in [7, 11) is 1.54. The van der Waals surface area contributed by atoms with Crippen LogP contribution in [0.4, 0.5) is 11.4 Å². The molecule has 1 atom stereocenters. The molecule has 6 heteroatoms. The summed E-state index contributed by atoms with van der Waals surface area (Å²) in [6, 6.07) is 11.3. The SMILES string of the molecule is COc1cc2c(cc1OCCCC=O)N=CC1Cc3ccccc3N1C2=O. The van der Waals surface area contributed by atoms with Crippen molar-refractivity contribution in [2.45, 2.75) is 25.3 Å². The van der Waals surface area contributed by atoms with Crippen LogP contribution in [0.2, 0.25) is 0 Å². The number of amides is 1. The number of methoxy groups -OCH3 is 1. The van der Waals surface area contributed by atoms with Gasteiger partial charge in [-0.3, -0.25) is 14.7 Å². The zero-order valence-corrected chi connectivity index (χ0v) is 15.1. The molecule has 0 saturated carbocycles. The van der Waals surface area contributed by atoms with E-state index < -0.39 is 0 Å². The molecule has 138 valence electrons. The number of fused-ring (bicyclic) bond motifs is 4. The highest BCUT2D eigenvalue weighted by Gasteiger charge is 2.36. The number of para-hydroxylation sites is 1. The van der Waals surface area contributed by atoms with Gasteiger partial charge in [0.15, 0.2) is 11.5 Å². The Kier molecular flexibility index (Phi) is 4.62. The highest BCUT2D eigenvalue weighted by atomic mass is 16.5. The minimum absolute atomic E-state index is 0.0924. The topological polar surface area (TPSA) is 68.2 Å². The monoisotopic (exact) mass is 364 g/mol. The van der Waals surface area contributed by atoms with Crippen LogP contribution in [-0.2, 0) is 11.2 Å². The Labute approximate surface area is 157 Å². The zero-order chi connectivity index (χ0) is 18.8. The number of aldehydes is 1. The molecule has 1 amide bonds. The van der Waals surface area contributed by atoms with E-state index in [4.69, 9.17) is 9.47 Å². The van der Waals surface area contributed by atoms with Gasteiger partial charge in [0.2, 0.25) is 0 Å². The van der Waals surface area contributed by atoms with Crippen LogP contribution in [0.25, 0.3) is 0 Å². The smallest absolute Gasteiger partial charge is 0.261 e. The quantitative estimate of drug-likeness (QED) is 0.582. The number of hydrogen-bond acceptors (Lipinski definition) is 5. The van der Waals surface area contributed by atoms with Crippen molar-refractivity contribution in [2.75, 3.05) is 18.6 Å². The highest BCUT2D eigenvalue weighted by molar-refractivity contribution is 6.14. The molecular formula is C21H20N2O4. The van der Waals surface area contributed by atoms with Crippen molar-refractivity contribution in [2.24, 2.45) is 4.99 Å². The molecule has 0 aromatic heterocycles. The summed E-state index contributed by atoms with van der Waals surface area (Å²) < 4.78 is 11.2. The fourth-order valence-electron chi connectivity index (χ4n) is 3.54. The molecule has 2 heterocycles. The van der Waals surface area contributed by atoms with Crippen LogP contribution in [0, 0.1) is 0 Å². The van der Waals surface area contributed by atoms with Crippen LogP contribution < -0.4 is 14.4 Å². The van der Waals surface area contributed by atoms with Gasteiger partial charge in [0, 0.05) is 30.8 Å². The van der Waals surface area contributed by atoms with E-state index in [9.17, 15) is 9.59 Å². The molecular weight excluding hydrogens is 344 g/mol. The molecule has 2 aromatic carbocycles. The first-order valence-corrected chi connectivity index (χ1v) is 8.97. The molecule has 0 radical (unpaired) electrons. The largest absolute Gasteiger partial charge is 0.493 e. The first kappa shape index (κ1) is 17.3. The van der Waals surface area contributed by atoms with E-state index in [1.807, 2.05) is 30.5 Å². The van der Waals surface area contributed by atoms with Crippen molar-refractivity contribution >= 4 is 29.8 Å². The standard InChI is InChI=1S/C21H20N2O4/c1-26-19-11-16-17(12-20(19)27-9-5-4-8-24)22-13-15-10-14-6-2-3-7-18(14)23(15)21(16)25/h2-3,6-8,11-13,15H,4-5,9-10H2,1H3. The minimum Gasteiger partial charge on any atom is -0.493 e. The molecule has 0 N–H and O–H groups in total. The van der Waals surface area contributed by atoms with Gasteiger partial charge in [-0.1, -0.05) is 18.2 Å². The van der Waals surface area contributed by atoms with Crippen molar-refractivity contribution in [3.63, 3.8) is 0 Å². The summed E-state index contributed by atoms with van der Waals surface area (Å²) in [5.41, 5.74) is 3.13. The van der Waals surface area contributed by atoms with E-state index in [2.05, 4.69) is 4.99 Å². The predicted molar refractivity (Wildman–Crippen MR) is 103 cm³/mol. The van der Waals surface area contributed by atoms with Crippen LogP contribution in [0.15, 0.2) is 41.4 Å². The highest BCUT2D eigenvalue weighted by Crippen LogP contribution is 2.40. The van der Waals surface area contributed by atoms with E-state index in [1.165, 1.54) is 0 Å². The normalized spacial score (nSPS) is 17.0. The fraction of sp³-hybridized carbons (Fsp3) is 0.286. The molecule has 0 fully saturated rings. The maximum Gasteiger partial charge on any atom is 0.261 e. The zero-order valence-electron chi connectivity index (χ0n) is 15.1. The van der Waals surface area contributed by atoms with Crippen molar-refractivity contribution < 1.29 is 19.1 Å². The number of benzene rings is 2. The van der Waals surface area contributed by atoms with Crippen LogP contribution in [0.1, 0.15) is 28.8 Å². The number of anilines is 1. The summed E-state index contributed by atoms with van der Waals surface area (Å²) in [6.07, 6.45) is 4.52. The third kappa shape index (κ3) is 3.07. The third-order valence-corrected chi connectivity index (χ3v) is 4.85. The van der Waals surface area contributed by atoms with E-state index in [-0.39, 0.29) is 11.9 Å². The number of nitrogens with zero attached hydrogens (tertiary/aromatic N) is 2.